The van der Waals surface area contributed by atoms with Crippen molar-refractivity contribution in [3.8, 4) is 5.75 Å². The maximum absolute atomic E-state index is 13.6. The highest BCUT2D eigenvalue weighted by Gasteiger charge is 2.12. The van der Waals surface area contributed by atoms with Crippen LogP contribution in [-0.4, -0.2) is 13.3 Å². The lowest BCUT2D eigenvalue weighted by Gasteiger charge is -2.17. The van der Waals surface area contributed by atoms with Crippen LogP contribution < -0.4 is 10.1 Å². The van der Waals surface area contributed by atoms with E-state index in [2.05, 4.69) is 5.32 Å². The molecular weight excluding hydrogens is 307 g/mol. The van der Waals surface area contributed by atoms with Crippen molar-refractivity contribution in [2.24, 2.45) is 0 Å². The first-order valence-electron chi connectivity index (χ1n) is 7.60. The number of benzene rings is 2. The van der Waals surface area contributed by atoms with E-state index in [1.54, 1.807) is 25.5 Å². The van der Waals surface area contributed by atoms with Gasteiger partial charge in [-0.2, -0.15) is 0 Å². The molecule has 1 atom stereocenters. The maximum Gasteiger partial charge on any atom is 0.123 e. The molecule has 5 heteroatoms. The molecule has 0 aliphatic rings. The van der Waals surface area contributed by atoms with E-state index < -0.39 is 0 Å². The lowest BCUT2D eigenvalue weighted by molar-refractivity contribution is 0.0528. The Kier molecular flexibility index (Phi) is 6.51. The van der Waals surface area contributed by atoms with Gasteiger partial charge in [0.05, 0.1) is 19.8 Å². The van der Waals surface area contributed by atoms with E-state index in [4.69, 9.17) is 14.9 Å². The van der Waals surface area contributed by atoms with Crippen molar-refractivity contribution in [1.82, 2.24) is 0 Å². The topological polar surface area (TPSA) is 54.3 Å². The third-order valence-electron chi connectivity index (χ3n) is 3.54. The third kappa shape index (κ3) is 4.93. The Hall–Kier alpha value is -2.66. The number of allylic oxidation sites excluding steroid dienone is 1. The van der Waals surface area contributed by atoms with Gasteiger partial charge >= 0.3 is 0 Å². The molecule has 0 aromatic heterocycles. The molecule has 0 heterocycles. The largest absolute Gasteiger partial charge is 0.497 e. The van der Waals surface area contributed by atoms with Gasteiger partial charge in [-0.25, -0.2) is 4.39 Å². The van der Waals surface area contributed by atoms with Crippen LogP contribution >= 0.6 is 0 Å². The number of halogens is 1. The summed E-state index contributed by atoms with van der Waals surface area (Å²) in [5.74, 6) is 0.480. The Morgan fingerprint density at radius 1 is 1.21 bits per heavy atom. The van der Waals surface area contributed by atoms with Crippen LogP contribution in [0, 0.1) is 11.2 Å². The summed E-state index contributed by atoms with van der Waals surface area (Å²) in [6, 6.07) is 12.1. The van der Waals surface area contributed by atoms with Crippen molar-refractivity contribution in [2.75, 3.05) is 12.4 Å². The highest BCUT2D eigenvalue weighted by molar-refractivity contribution is 5.68. The fourth-order valence-electron chi connectivity index (χ4n) is 2.22. The molecule has 126 valence electrons. The SMILES string of the molecule is COc1ccc(COC(C)c2cc(F)ccc2N/C=C\C=N)cc1. The fraction of sp³-hybridized carbons (Fsp3) is 0.211. The minimum atomic E-state index is -0.313. The van der Waals surface area contributed by atoms with Crippen LogP contribution in [0.1, 0.15) is 24.2 Å². The minimum absolute atomic E-state index is 0.293. The first-order chi connectivity index (χ1) is 11.6. The average Bonchev–Trinajstić information content (AvgIpc) is 2.61. The highest BCUT2D eigenvalue weighted by Crippen LogP contribution is 2.27. The summed E-state index contributed by atoms with van der Waals surface area (Å²) >= 11 is 0. The molecule has 0 amide bonds. The maximum atomic E-state index is 13.6. The van der Waals surface area contributed by atoms with E-state index >= 15 is 0 Å². The van der Waals surface area contributed by atoms with Gasteiger partial charge in [0.25, 0.3) is 0 Å². The monoisotopic (exact) mass is 328 g/mol. The van der Waals surface area contributed by atoms with Gasteiger partial charge in [-0.15, -0.1) is 0 Å². The van der Waals surface area contributed by atoms with Gasteiger partial charge in [0.15, 0.2) is 0 Å². The zero-order chi connectivity index (χ0) is 17.4. The molecule has 0 saturated carbocycles. The second kappa shape index (κ2) is 8.84. The molecule has 24 heavy (non-hydrogen) atoms. The summed E-state index contributed by atoms with van der Waals surface area (Å²) < 4.78 is 24.6. The summed E-state index contributed by atoms with van der Waals surface area (Å²) in [5, 5.41) is 10.0. The van der Waals surface area contributed by atoms with E-state index in [0.29, 0.717) is 6.61 Å². The van der Waals surface area contributed by atoms with Gasteiger partial charge in [0, 0.05) is 23.7 Å². The van der Waals surface area contributed by atoms with Crippen molar-refractivity contribution in [3.63, 3.8) is 0 Å². The van der Waals surface area contributed by atoms with Crippen LogP contribution in [0.5, 0.6) is 5.75 Å². The van der Waals surface area contributed by atoms with Crippen LogP contribution in [0.25, 0.3) is 0 Å². The van der Waals surface area contributed by atoms with E-state index in [9.17, 15) is 4.39 Å². The number of ether oxygens (including phenoxy) is 2. The summed E-state index contributed by atoms with van der Waals surface area (Å²) in [7, 11) is 1.62. The molecular formula is C19H21FN2O2. The Morgan fingerprint density at radius 2 is 1.96 bits per heavy atom. The molecule has 2 rings (SSSR count). The second-order valence-corrected chi connectivity index (χ2v) is 5.20. The number of anilines is 1. The molecule has 2 aromatic rings. The lowest BCUT2D eigenvalue weighted by atomic mass is 10.1. The molecule has 1 unspecified atom stereocenters. The van der Waals surface area contributed by atoms with Crippen LogP contribution in [0.2, 0.25) is 0 Å². The fourth-order valence-corrected chi connectivity index (χ4v) is 2.22. The van der Waals surface area contributed by atoms with Gasteiger partial charge in [-0.05, 0) is 48.9 Å². The zero-order valence-corrected chi connectivity index (χ0v) is 13.8. The summed E-state index contributed by atoms with van der Waals surface area (Å²) in [6.45, 7) is 2.29. The number of methoxy groups -OCH3 is 1. The number of nitrogens with one attached hydrogen (secondary N) is 2. The van der Waals surface area contributed by atoms with Crippen LogP contribution in [-0.2, 0) is 11.3 Å². The molecule has 0 saturated heterocycles. The third-order valence-corrected chi connectivity index (χ3v) is 3.54. The molecule has 0 aliphatic carbocycles. The highest BCUT2D eigenvalue weighted by atomic mass is 19.1. The number of hydrogen-bond acceptors (Lipinski definition) is 4. The normalized spacial score (nSPS) is 12.1. The van der Waals surface area contributed by atoms with Gasteiger partial charge in [-0.3, -0.25) is 0 Å². The minimum Gasteiger partial charge on any atom is -0.497 e. The van der Waals surface area contributed by atoms with E-state index in [0.717, 1.165) is 22.6 Å². The van der Waals surface area contributed by atoms with Crippen LogP contribution in [0.15, 0.2) is 54.7 Å². The first kappa shape index (κ1) is 17.7. The van der Waals surface area contributed by atoms with E-state index in [-0.39, 0.29) is 11.9 Å². The van der Waals surface area contributed by atoms with E-state index in [1.165, 1.54) is 18.3 Å². The summed E-state index contributed by atoms with van der Waals surface area (Å²) in [6.07, 6.45) is 4.05. The smallest absolute Gasteiger partial charge is 0.123 e. The Bertz CT molecular complexity index is 699. The first-order valence-corrected chi connectivity index (χ1v) is 7.60. The van der Waals surface area contributed by atoms with Gasteiger partial charge in [0.1, 0.15) is 11.6 Å². The molecule has 2 aromatic carbocycles. The predicted molar refractivity (Wildman–Crippen MR) is 94.1 cm³/mol. The molecule has 2 N–H and O–H groups in total. The van der Waals surface area contributed by atoms with E-state index in [1.807, 2.05) is 31.2 Å². The van der Waals surface area contributed by atoms with Gasteiger partial charge < -0.3 is 20.2 Å². The Labute approximate surface area is 141 Å². The predicted octanol–water partition coefficient (Wildman–Crippen LogP) is 4.69. The van der Waals surface area contributed by atoms with Crippen molar-refractivity contribution in [3.05, 3.63) is 71.7 Å². The van der Waals surface area contributed by atoms with Crippen molar-refractivity contribution in [1.29, 1.82) is 5.41 Å². The Morgan fingerprint density at radius 3 is 2.62 bits per heavy atom. The van der Waals surface area contributed by atoms with Gasteiger partial charge in [-0.1, -0.05) is 12.1 Å². The average molecular weight is 328 g/mol. The molecule has 0 radical (unpaired) electrons. The molecule has 0 aliphatic heterocycles. The zero-order valence-electron chi connectivity index (χ0n) is 13.8. The molecule has 0 bridgehead atoms. The number of rotatable bonds is 8. The standard InChI is InChI=1S/C19H21FN2O2/c1-14(24-13-15-4-7-17(23-2)8-5-15)18-12-16(20)6-9-19(18)22-11-3-10-21/h3-12,14,21-22H,13H2,1-2H3/b11-3-,21-10?. The summed E-state index contributed by atoms with van der Waals surface area (Å²) in [4.78, 5) is 0. The Balaban J connectivity index is 2.06. The van der Waals surface area contributed by atoms with Crippen molar-refractivity contribution >= 4 is 11.9 Å². The lowest BCUT2D eigenvalue weighted by Crippen LogP contribution is -2.04. The summed E-state index contributed by atoms with van der Waals surface area (Å²) in [5.41, 5.74) is 2.48. The molecule has 4 nitrogen and oxygen atoms in total. The van der Waals surface area contributed by atoms with Crippen molar-refractivity contribution in [2.45, 2.75) is 19.6 Å². The number of hydrogen-bond donors (Lipinski definition) is 2. The van der Waals surface area contributed by atoms with Crippen LogP contribution in [0.4, 0.5) is 10.1 Å². The molecule has 0 spiro atoms. The van der Waals surface area contributed by atoms with Crippen LogP contribution in [0.3, 0.4) is 0 Å². The van der Waals surface area contributed by atoms with Crippen molar-refractivity contribution < 1.29 is 13.9 Å². The molecule has 0 fully saturated rings. The quantitative estimate of drug-likeness (QED) is 0.691. The van der Waals surface area contributed by atoms with Gasteiger partial charge in [0.2, 0.25) is 0 Å². The second-order valence-electron chi connectivity index (χ2n) is 5.20.